The highest BCUT2D eigenvalue weighted by Crippen LogP contribution is 2.11. The molecule has 9 N–H and O–H groups in total. The van der Waals surface area contributed by atoms with E-state index in [0.29, 0.717) is 0 Å². The van der Waals surface area contributed by atoms with Crippen LogP contribution in [0.2, 0.25) is 0 Å². The lowest BCUT2D eigenvalue weighted by Crippen LogP contribution is -1.54. The van der Waals surface area contributed by atoms with E-state index in [0.717, 1.165) is 0 Å². The zero-order chi connectivity index (χ0) is 3.58. The van der Waals surface area contributed by atoms with Crippen molar-refractivity contribution in [3.63, 3.8) is 0 Å². The van der Waals surface area contributed by atoms with Gasteiger partial charge < -0.3 is 27.0 Å². The molecule has 0 spiro atoms. The Labute approximate surface area is 36.8 Å². The molecule has 0 saturated heterocycles. The van der Waals surface area contributed by atoms with Gasteiger partial charge in [0.25, 0.3) is 0 Å². The van der Waals surface area contributed by atoms with Crippen LogP contribution in [-0.4, -0.2) is 14.7 Å². The third-order valence-electron chi connectivity index (χ3n) is 0. The van der Waals surface area contributed by atoms with Gasteiger partial charge in [-0.15, -0.1) is 0 Å². The molecule has 0 aromatic rings. The van der Waals surface area contributed by atoms with Gasteiger partial charge >= 0.3 is 8.60 Å². The van der Waals surface area contributed by atoms with E-state index < -0.39 is 8.60 Å². The summed E-state index contributed by atoms with van der Waals surface area (Å²) in [4.78, 5) is 21.7. The predicted molar refractivity (Wildman–Crippen MR) is 23.6 cm³/mol. The third kappa shape index (κ3) is 834. The van der Waals surface area contributed by atoms with E-state index in [4.69, 9.17) is 14.7 Å². The van der Waals surface area contributed by atoms with Crippen LogP contribution in [0.5, 0.6) is 0 Å². The second-order valence-corrected chi connectivity index (χ2v) is 0.805. The molecule has 0 heterocycles. The van der Waals surface area contributed by atoms with Crippen LogP contribution in [0, 0.1) is 0 Å². The minimum Gasteiger partial charge on any atom is -0.344 e. The van der Waals surface area contributed by atoms with Crippen molar-refractivity contribution in [1.82, 2.24) is 12.3 Å². The van der Waals surface area contributed by atoms with Crippen molar-refractivity contribution in [2.75, 3.05) is 0 Å². The summed E-state index contributed by atoms with van der Waals surface area (Å²) in [6.45, 7) is 0. The summed E-state index contributed by atoms with van der Waals surface area (Å²) in [6.07, 6.45) is 0. The topological polar surface area (TPSA) is 131 Å². The van der Waals surface area contributed by atoms with Gasteiger partial charge in [-0.1, -0.05) is 0 Å². The molecule has 42 valence electrons. The Balaban J connectivity index is -0.0000000450. The molecule has 0 aliphatic heterocycles. The first kappa shape index (κ1) is 16.3. The van der Waals surface area contributed by atoms with Crippen LogP contribution in [0.25, 0.3) is 0 Å². The normalized spacial score (nSPS) is 6.00. The molecule has 0 bridgehead atoms. The lowest BCUT2D eigenvalue weighted by atomic mass is 14.0. The maximum atomic E-state index is 7.23. The Morgan fingerprint density at radius 1 is 0.833 bits per heavy atom. The standard InChI is InChI=1S/2H3N.H3O3P/c;;1-4(2)3/h2*1H3;1-3H. The molecule has 0 atom stereocenters. The van der Waals surface area contributed by atoms with Crippen LogP contribution in [-0.2, 0) is 0 Å². The fraction of sp³-hybridized carbons (Fsp3) is 0. The van der Waals surface area contributed by atoms with Crippen molar-refractivity contribution < 1.29 is 14.7 Å². The summed E-state index contributed by atoms with van der Waals surface area (Å²) in [6, 6.07) is 0. The molecule has 0 aliphatic rings. The molecule has 0 fully saturated rings. The van der Waals surface area contributed by atoms with E-state index >= 15 is 0 Å². The molecule has 6 heavy (non-hydrogen) atoms. The van der Waals surface area contributed by atoms with Crippen molar-refractivity contribution in [2.24, 2.45) is 0 Å². The van der Waals surface area contributed by atoms with Gasteiger partial charge in [0.05, 0.1) is 0 Å². The summed E-state index contributed by atoms with van der Waals surface area (Å²) in [7, 11) is -2.62. The minimum atomic E-state index is -2.62. The van der Waals surface area contributed by atoms with Crippen LogP contribution in [0.3, 0.4) is 0 Å². The van der Waals surface area contributed by atoms with E-state index in [9.17, 15) is 0 Å². The first-order valence-electron chi connectivity index (χ1n) is 0.600. The van der Waals surface area contributed by atoms with Gasteiger partial charge in [0.15, 0.2) is 0 Å². The second-order valence-electron chi connectivity index (χ2n) is 0.268. The van der Waals surface area contributed by atoms with Gasteiger partial charge in [0.1, 0.15) is 0 Å². The zero-order valence-electron chi connectivity index (χ0n) is 3.20. The van der Waals surface area contributed by atoms with Gasteiger partial charge in [0.2, 0.25) is 0 Å². The van der Waals surface area contributed by atoms with Crippen LogP contribution in [0.15, 0.2) is 0 Å². The van der Waals surface area contributed by atoms with Crippen molar-refractivity contribution in [3.05, 3.63) is 0 Å². The molecular weight excluding hydrogens is 107 g/mol. The van der Waals surface area contributed by atoms with Crippen LogP contribution >= 0.6 is 8.60 Å². The summed E-state index contributed by atoms with van der Waals surface area (Å²) in [5.41, 5.74) is 0. The van der Waals surface area contributed by atoms with Gasteiger partial charge in [-0.3, -0.25) is 0 Å². The fourth-order valence-electron chi connectivity index (χ4n) is 0. The third-order valence-corrected chi connectivity index (χ3v) is 0. The molecule has 5 nitrogen and oxygen atoms in total. The van der Waals surface area contributed by atoms with Crippen LogP contribution < -0.4 is 12.3 Å². The largest absolute Gasteiger partial charge is 0.344 e. The maximum absolute atomic E-state index is 7.23. The molecule has 0 aromatic heterocycles. The monoisotopic (exact) mass is 116 g/mol. The van der Waals surface area contributed by atoms with Crippen molar-refractivity contribution in [3.8, 4) is 0 Å². The number of rotatable bonds is 0. The average Bonchev–Trinajstić information content (AvgIpc) is 0.811. The highest BCUT2D eigenvalue weighted by atomic mass is 31.2. The summed E-state index contributed by atoms with van der Waals surface area (Å²) in [5, 5.41) is 0. The smallest absolute Gasteiger partial charge is 0.324 e. The Hall–Kier alpha value is 0.230. The number of hydrogen-bond acceptors (Lipinski definition) is 5. The molecule has 0 aliphatic carbocycles. The van der Waals surface area contributed by atoms with E-state index in [-0.39, 0.29) is 12.3 Å². The van der Waals surface area contributed by atoms with Crippen molar-refractivity contribution >= 4 is 8.60 Å². The van der Waals surface area contributed by atoms with Gasteiger partial charge in [-0.2, -0.15) is 0 Å². The molecule has 0 unspecified atom stereocenters. The minimum absolute atomic E-state index is 0. The molecular formula is H9N2O3P. The van der Waals surface area contributed by atoms with Crippen molar-refractivity contribution in [1.29, 1.82) is 0 Å². The zero-order valence-corrected chi connectivity index (χ0v) is 4.10. The SMILES string of the molecule is N.N.OP(O)O. The molecule has 0 amide bonds. The predicted octanol–water partition coefficient (Wildman–Crippen LogP) is -0.486. The Bertz CT molecular complexity index is 13.5. The average molecular weight is 116 g/mol. The Morgan fingerprint density at radius 3 is 0.833 bits per heavy atom. The van der Waals surface area contributed by atoms with E-state index in [2.05, 4.69) is 0 Å². The second kappa shape index (κ2) is 8.97. The molecule has 0 rings (SSSR count). The summed E-state index contributed by atoms with van der Waals surface area (Å²) in [5.74, 6) is 0. The van der Waals surface area contributed by atoms with E-state index in [1.807, 2.05) is 0 Å². The Morgan fingerprint density at radius 2 is 0.833 bits per heavy atom. The molecule has 0 radical (unpaired) electrons. The van der Waals surface area contributed by atoms with Crippen molar-refractivity contribution in [2.45, 2.75) is 0 Å². The van der Waals surface area contributed by atoms with Gasteiger partial charge in [-0.05, 0) is 0 Å². The van der Waals surface area contributed by atoms with E-state index in [1.165, 1.54) is 0 Å². The summed E-state index contributed by atoms with van der Waals surface area (Å²) >= 11 is 0. The lowest BCUT2D eigenvalue weighted by Gasteiger charge is -1.76. The van der Waals surface area contributed by atoms with Gasteiger partial charge in [0, 0.05) is 0 Å². The number of hydrogen-bond donors (Lipinski definition) is 5. The lowest BCUT2D eigenvalue weighted by molar-refractivity contribution is 0.368. The molecule has 6 heteroatoms. The summed E-state index contributed by atoms with van der Waals surface area (Å²) < 4.78 is 0. The quantitative estimate of drug-likeness (QED) is 0.272. The first-order valence-corrected chi connectivity index (χ1v) is 1.80. The van der Waals surface area contributed by atoms with Crippen LogP contribution in [0.4, 0.5) is 0 Å². The fourth-order valence-corrected chi connectivity index (χ4v) is 0. The van der Waals surface area contributed by atoms with E-state index in [1.54, 1.807) is 0 Å². The van der Waals surface area contributed by atoms with Gasteiger partial charge in [-0.25, -0.2) is 0 Å². The maximum Gasteiger partial charge on any atom is 0.324 e. The van der Waals surface area contributed by atoms with Crippen LogP contribution in [0.1, 0.15) is 0 Å². The Kier molecular flexibility index (Phi) is 24.4. The molecule has 0 saturated carbocycles. The first-order chi connectivity index (χ1) is 1.73. The highest BCUT2D eigenvalue weighted by Gasteiger charge is 1.76. The highest BCUT2D eigenvalue weighted by molar-refractivity contribution is 7.38. The molecule has 0 aromatic carbocycles.